The number of aromatic nitrogens is 1. The lowest BCUT2D eigenvalue weighted by atomic mass is 10.2. The van der Waals surface area contributed by atoms with Gasteiger partial charge in [0.05, 0.1) is 11.6 Å². The first-order valence-electron chi connectivity index (χ1n) is 6.30. The summed E-state index contributed by atoms with van der Waals surface area (Å²) in [6, 6.07) is 6.68. The molecule has 2 rings (SSSR count). The Morgan fingerprint density at radius 3 is 2.71 bits per heavy atom. The zero-order chi connectivity index (χ0) is 15.4. The maximum Gasteiger partial charge on any atom is 0.328 e. The Bertz CT molecular complexity index is 672. The van der Waals surface area contributed by atoms with Crippen LogP contribution >= 0.6 is 0 Å². The Labute approximate surface area is 120 Å². The van der Waals surface area contributed by atoms with Crippen LogP contribution in [0.3, 0.4) is 0 Å². The predicted molar refractivity (Wildman–Crippen MR) is 77.0 cm³/mol. The number of fused-ring (bicyclic) bond motifs is 1. The number of carboxylic acids is 1. The molecule has 1 aromatic carbocycles. The van der Waals surface area contributed by atoms with E-state index in [1.54, 1.807) is 30.5 Å². The highest BCUT2D eigenvalue weighted by Gasteiger charge is 2.24. The van der Waals surface area contributed by atoms with Crippen LogP contribution in [0.1, 0.15) is 6.92 Å². The topological polar surface area (TPSA) is 112 Å². The second kappa shape index (κ2) is 6.19. The molecular weight excluding hydrogens is 274 g/mol. The van der Waals surface area contributed by atoms with Crippen LogP contribution in [0.15, 0.2) is 36.5 Å². The smallest absolute Gasteiger partial charge is 0.328 e. The van der Waals surface area contributed by atoms with Crippen LogP contribution in [-0.2, 0) is 4.79 Å². The van der Waals surface area contributed by atoms with E-state index in [2.05, 4.69) is 15.6 Å². The highest BCUT2D eigenvalue weighted by atomic mass is 16.4. The van der Waals surface area contributed by atoms with Crippen LogP contribution in [0.5, 0.6) is 0 Å². The zero-order valence-corrected chi connectivity index (χ0v) is 11.3. The second-order valence-corrected chi connectivity index (χ2v) is 4.57. The molecule has 2 amide bonds. The van der Waals surface area contributed by atoms with Crippen molar-refractivity contribution in [1.82, 2.24) is 10.3 Å². The molecule has 2 aromatic rings. The predicted octanol–water partition coefficient (Wildman–Crippen LogP) is 1.19. The lowest BCUT2D eigenvalue weighted by Crippen LogP contribution is -2.49. The molecule has 7 heteroatoms. The number of carbonyl (C=O) groups is 2. The first-order chi connectivity index (χ1) is 9.97. The minimum absolute atomic E-state index is 0.503. The number of nitrogens with zero attached hydrogens (tertiary/aromatic N) is 1. The molecule has 0 spiro atoms. The van der Waals surface area contributed by atoms with E-state index in [9.17, 15) is 14.7 Å². The molecule has 0 saturated carbocycles. The molecule has 0 saturated heterocycles. The van der Waals surface area contributed by atoms with E-state index in [1.807, 2.05) is 6.07 Å². The van der Waals surface area contributed by atoms with Gasteiger partial charge in [-0.15, -0.1) is 0 Å². The number of aliphatic hydroxyl groups is 1. The van der Waals surface area contributed by atoms with Crippen LogP contribution in [0, 0.1) is 0 Å². The summed E-state index contributed by atoms with van der Waals surface area (Å²) in [7, 11) is 0. The average Bonchev–Trinajstić information content (AvgIpc) is 2.44. The van der Waals surface area contributed by atoms with Crippen LogP contribution in [0.25, 0.3) is 10.9 Å². The monoisotopic (exact) mass is 289 g/mol. The number of aliphatic carboxylic acids is 1. The van der Waals surface area contributed by atoms with Gasteiger partial charge in [0.2, 0.25) is 0 Å². The molecule has 1 aromatic heterocycles. The third-order valence-electron chi connectivity index (χ3n) is 2.90. The van der Waals surface area contributed by atoms with Crippen molar-refractivity contribution in [3.8, 4) is 0 Å². The number of nitrogens with one attached hydrogen (secondary N) is 2. The maximum absolute atomic E-state index is 11.8. The van der Waals surface area contributed by atoms with Gasteiger partial charge in [0.15, 0.2) is 6.04 Å². The Kier molecular flexibility index (Phi) is 4.34. The Hall–Kier alpha value is -2.67. The molecule has 2 unspecified atom stereocenters. The fraction of sp³-hybridized carbons (Fsp3) is 0.214. The lowest BCUT2D eigenvalue weighted by molar-refractivity contribution is -0.141. The number of anilines is 1. The van der Waals surface area contributed by atoms with E-state index >= 15 is 0 Å². The summed E-state index contributed by atoms with van der Waals surface area (Å²) in [6.45, 7) is 1.29. The van der Waals surface area contributed by atoms with E-state index in [4.69, 9.17) is 5.11 Å². The van der Waals surface area contributed by atoms with Crippen molar-refractivity contribution in [2.24, 2.45) is 0 Å². The van der Waals surface area contributed by atoms with E-state index in [0.29, 0.717) is 5.69 Å². The number of benzene rings is 1. The summed E-state index contributed by atoms with van der Waals surface area (Å²) in [6.07, 6.45) is 0.469. The molecule has 0 bridgehead atoms. The lowest BCUT2D eigenvalue weighted by Gasteiger charge is -2.17. The summed E-state index contributed by atoms with van der Waals surface area (Å²) < 4.78 is 0. The molecule has 0 fully saturated rings. The Morgan fingerprint density at radius 2 is 2.05 bits per heavy atom. The number of pyridine rings is 1. The van der Waals surface area contributed by atoms with Crippen LogP contribution in [0.4, 0.5) is 10.5 Å². The highest BCUT2D eigenvalue weighted by Crippen LogP contribution is 2.16. The standard InChI is InChI=1S/C14H15N3O4/c1-8(18)12(13(19)20)17-14(21)16-10-4-5-11-9(7-10)3-2-6-15-11/h2-8,12,18H,1H3,(H,19,20)(H2,16,17,21). The van der Waals surface area contributed by atoms with Crippen molar-refractivity contribution in [2.45, 2.75) is 19.1 Å². The van der Waals surface area contributed by atoms with Crippen LogP contribution in [-0.4, -0.2) is 39.3 Å². The highest BCUT2D eigenvalue weighted by molar-refractivity contribution is 5.94. The van der Waals surface area contributed by atoms with Crippen molar-refractivity contribution >= 4 is 28.6 Å². The number of urea groups is 1. The normalized spacial score (nSPS) is 13.4. The molecule has 0 aliphatic rings. The molecule has 0 aliphatic carbocycles. The number of rotatable bonds is 4. The quantitative estimate of drug-likeness (QED) is 0.675. The summed E-state index contributed by atoms with van der Waals surface area (Å²) in [5.74, 6) is -1.30. The summed E-state index contributed by atoms with van der Waals surface area (Å²) in [4.78, 5) is 26.8. The molecule has 110 valence electrons. The molecular formula is C14H15N3O4. The fourth-order valence-corrected chi connectivity index (χ4v) is 1.85. The van der Waals surface area contributed by atoms with Crippen molar-refractivity contribution in [3.05, 3.63) is 36.5 Å². The first-order valence-corrected chi connectivity index (χ1v) is 6.30. The van der Waals surface area contributed by atoms with Gasteiger partial charge in [0.1, 0.15) is 0 Å². The minimum atomic E-state index is -1.37. The minimum Gasteiger partial charge on any atom is -0.480 e. The number of hydrogen-bond donors (Lipinski definition) is 4. The van der Waals surface area contributed by atoms with Crippen molar-refractivity contribution in [3.63, 3.8) is 0 Å². The Balaban J connectivity index is 2.08. The largest absolute Gasteiger partial charge is 0.480 e. The molecule has 4 N–H and O–H groups in total. The third-order valence-corrected chi connectivity index (χ3v) is 2.90. The first kappa shape index (κ1) is 14.7. The van der Waals surface area contributed by atoms with E-state index < -0.39 is 24.1 Å². The van der Waals surface area contributed by atoms with E-state index in [-0.39, 0.29) is 0 Å². The molecule has 1 heterocycles. The van der Waals surface area contributed by atoms with Crippen LogP contribution < -0.4 is 10.6 Å². The zero-order valence-electron chi connectivity index (χ0n) is 11.3. The van der Waals surface area contributed by atoms with Crippen molar-refractivity contribution in [2.75, 3.05) is 5.32 Å². The molecule has 0 aliphatic heterocycles. The summed E-state index contributed by atoms with van der Waals surface area (Å²) >= 11 is 0. The second-order valence-electron chi connectivity index (χ2n) is 4.57. The number of aliphatic hydroxyl groups excluding tert-OH is 1. The van der Waals surface area contributed by atoms with E-state index in [0.717, 1.165) is 10.9 Å². The van der Waals surface area contributed by atoms with E-state index in [1.165, 1.54) is 6.92 Å². The SMILES string of the molecule is CC(O)C(NC(=O)Nc1ccc2ncccc2c1)C(=O)O. The summed E-state index contributed by atoms with van der Waals surface area (Å²) in [5, 5.41) is 23.8. The van der Waals surface area contributed by atoms with Gasteiger partial charge in [-0.2, -0.15) is 0 Å². The number of carboxylic acid groups (broad SMARTS) is 1. The van der Waals surface area contributed by atoms with Gasteiger partial charge in [-0.05, 0) is 31.2 Å². The number of hydrogen-bond acceptors (Lipinski definition) is 4. The maximum atomic E-state index is 11.8. The molecule has 2 atom stereocenters. The Morgan fingerprint density at radius 1 is 1.29 bits per heavy atom. The number of amides is 2. The van der Waals surface area contributed by atoms with Crippen molar-refractivity contribution < 1.29 is 19.8 Å². The number of carbonyl (C=O) groups excluding carboxylic acids is 1. The molecule has 7 nitrogen and oxygen atoms in total. The van der Waals surface area contributed by atoms with Gasteiger partial charge in [0, 0.05) is 17.3 Å². The van der Waals surface area contributed by atoms with Gasteiger partial charge in [0.25, 0.3) is 0 Å². The molecule has 0 radical (unpaired) electrons. The van der Waals surface area contributed by atoms with Gasteiger partial charge in [-0.25, -0.2) is 9.59 Å². The van der Waals surface area contributed by atoms with Gasteiger partial charge >= 0.3 is 12.0 Å². The van der Waals surface area contributed by atoms with Gasteiger partial charge in [-0.1, -0.05) is 6.07 Å². The third kappa shape index (κ3) is 3.67. The average molecular weight is 289 g/mol. The summed E-state index contributed by atoms with van der Waals surface area (Å²) in [5.41, 5.74) is 1.29. The van der Waals surface area contributed by atoms with Crippen LogP contribution in [0.2, 0.25) is 0 Å². The van der Waals surface area contributed by atoms with Gasteiger partial charge in [-0.3, -0.25) is 4.98 Å². The van der Waals surface area contributed by atoms with Gasteiger partial charge < -0.3 is 20.8 Å². The fourth-order valence-electron chi connectivity index (χ4n) is 1.85. The van der Waals surface area contributed by atoms with Crippen molar-refractivity contribution in [1.29, 1.82) is 0 Å². The molecule has 21 heavy (non-hydrogen) atoms.